The number of carbonyl (C=O) groups is 1. The van der Waals surface area contributed by atoms with E-state index in [9.17, 15) is 4.79 Å². The van der Waals surface area contributed by atoms with Crippen molar-refractivity contribution in [3.8, 4) is 0 Å². The molecule has 2 heterocycles. The zero-order valence-electron chi connectivity index (χ0n) is 9.60. The Balaban J connectivity index is 1.68. The maximum Gasteiger partial charge on any atom is 0.320 e. The fourth-order valence-electron chi connectivity index (χ4n) is 2.80. The minimum absolute atomic E-state index is 0.350. The molecule has 0 aromatic heterocycles. The Morgan fingerprint density at radius 1 is 1.29 bits per heavy atom. The monoisotopic (exact) mass is 232 g/mol. The number of carboxylic acid groups (broad SMARTS) is 1. The number of rotatable bonds is 2. The smallest absolute Gasteiger partial charge is 0.320 e. The molecule has 0 unspecified atom stereocenters. The van der Waals surface area contributed by atoms with Crippen LogP contribution in [0.25, 0.3) is 0 Å². The summed E-state index contributed by atoms with van der Waals surface area (Å²) >= 11 is 0. The number of carboxylic acids is 1. The quantitative estimate of drug-likeness (QED) is 0.792. The van der Waals surface area contributed by atoms with Crippen molar-refractivity contribution in [2.75, 3.05) is 6.54 Å². The lowest BCUT2D eigenvalue weighted by Gasteiger charge is -2.22. The molecule has 4 nitrogen and oxygen atoms in total. The van der Waals surface area contributed by atoms with E-state index in [1.165, 1.54) is 11.1 Å². The zero-order chi connectivity index (χ0) is 11.8. The highest BCUT2D eigenvalue weighted by Crippen LogP contribution is 2.27. The van der Waals surface area contributed by atoms with Crippen LogP contribution in [-0.2, 0) is 17.9 Å². The molecule has 4 heteroatoms. The van der Waals surface area contributed by atoms with Gasteiger partial charge in [-0.15, -0.1) is 0 Å². The fourth-order valence-corrected chi connectivity index (χ4v) is 2.80. The Kier molecular flexibility index (Phi) is 2.61. The van der Waals surface area contributed by atoms with Crippen LogP contribution in [0.1, 0.15) is 17.5 Å². The summed E-state index contributed by atoms with van der Waals surface area (Å²) in [6.07, 6.45) is 0.712. The van der Waals surface area contributed by atoms with Gasteiger partial charge in [0.25, 0.3) is 0 Å². The molecule has 0 aliphatic carbocycles. The second-order valence-corrected chi connectivity index (χ2v) is 4.86. The van der Waals surface area contributed by atoms with Gasteiger partial charge in [0, 0.05) is 25.7 Å². The molecule has 1 fully saturated rings. The molecule has 2 N–H and O–H groups in total. The largest absolute Gasteiger partial charge is 0.480 e. The maximum atomic E-state index is 10.9. The van der Waals surface area contributed by atoms with E-state index >= 15 is 0 Å². The number of aliphatic carboxylic acids is 1. The average molecular weight is 232 g/mol. The average Bonchev–Trinajstić information content (AvgIpc) is 2.95. The molecule has 0 bridgehead atoms. The number of nitrogens with one attached hydrogen (secondary N) is 1. The number of benzene rings is 1. The first-order valence-corrected chi connectivity index (χ1v) is 6.01. The van der Waals surface area contributed by atoms with Crippen molar-refractivity contribution >= 4 is 5.97 Å². The summed E-state index contributed by atoms with van der Waals surface area (Å²) in [5.74, 6) is -0.732. The minimum atomic E-state index is -0.732. The molecule has 1 aromatic carbocycles. The van der Waals surface area contributed by atoms with Crippen molar-refractivity contribution in [2.24, 2.45) is 0 Å². The molecule has 2 atom stereocenters. The molecule has 0 saturated carbocycles. The third-order valence-corrected chi connectivity index (χ3v) is 3.79. The van der Waals surface area contributed by atoms with Crippen molar-refractivity contribution in [3.05, 3.63) is 35.4 Å². The molecule has 2 aliphatic rings. The number of hydrogen-bond donors (Lipinski definition) is 2. The summed E-state index contributed by atoms with van der Waals surface area (Å²) in [6.45, 7) is 2.69. The minimum Gasteiger partial charge on any atom is -0.480 e. The highest BCUT2D eigenvalue weighted by Gasteiger charge is 2.34. The Labute approximate surface area is 100 Å². The summed E-state index contributed by atoms with van der Waals surface area (Å²) in [7, 11) is 0. The van der Waals surface area contributed by atoms with Gasteiger partial charge in [-0.25, -0.2) is 0 Å². The number of hydrogen-bond acceptors (Lipinski definition) is 3. The Bertz CT molecular complexity index is 422. The Morgan fingerprint density at radius 3 is 2.47 bits per heavy atom. The predicted molar refractivity (Wildman–Crippen MR) is 63.5 cm³/mol. The fraction of sp³-hybridized carbons (Fsp3) is 0.462. The van der Waals surface area contributed by atoms with Gasteiger partial charge < -0.3 is 10.4 Å². The lowest BCUT2D eigenvalue weighted by molar-refractivity contribution is -0.139. The summed E-state index contributed by atoms with van der Waals surface area (Å²) in [5.41, 5.74) is 2.76. The van der Waals surface area contributed by atoms with Gasteiger partial charge in [0.05, 0.1) is 0 Å². The van der Waals surface area contributed by atoms with Crippen molar-refractivity contribution in [1.82, 2.24) is 10.2 Å². The van der Waals surface area contributed by atoms with Crippen LogP contribution in [0.5, 0.6) is 0 Å². The molecule has 1 aromatic rings. The zero-order valence-corrected chi connectivity index (χ0v) is 9.60. The summed E-state index contributed by atoms with van der Waals surface area (Å²) in [4.78, 5) is 13.3. The second kappa shape index (κ2) is 4.13. The highest BCUT2D eigenvalue weighted by atomic mass is 16.4. The molecule has 3 rings (SSSR count). The maximum absolute atomic E-state index is 10.9. The second-order valence-electron chi connectivity index (χ2n) is 4.86. The standard InChI is InChI=1S/C13H16N2O2/c16-13(17)12-5-11(6-14-12)15-7-9-3-1-2-4-10(9)8-15/h1-4,11-12,14H,5-8H2,(H,16,17)/t11-,12+/m1/s1. The molecule has 17 heavy (non-hydrogen) atoms. The van der Waals surface area contributed by atoms with Crippen LogP contribution in [0.2, 0.25) is 0 Å². The molecule has 90 valence electrons. The van der Waals surface area contributed by atoms with Crippen LogP contribution in [0.4, 0.5) is 0 Å². The third kappa shape index (κ3) is 1.94. The number of fused-ring (bicyclic) bond motifs is 1. The van der Waals surface area contributed by atoms with Crippen LogP contribution in [0.15, 0.2) is 24.3 Å². The van der Waals surface area contributed by atoms with E-state index in [0.717, 1.165) is 19.6 Å². The molecule has 0 radical (unpaired) electrons. The normalized spacial score (nSPS) is 28.2. The van der Waals surface area contributed by atoms with E-state index in [2.05, 4.69) is 34.5 Å². The van der Waals surface area contributed by atoms with Gasteiger partial charge in [0.15, 0.2) is 0 Å². The van der Waals surface area contributed by atoms with Crippen LogP contribution >= 0.6 is 0 Å². The molecular weight excluding hydrogens is 216 g/mol. The summed E-state index contributed by atoms with van der Waals surface area (Å²) < 4.78 is 0. The summed E-state index contributed by atoms with van der Waals surface area (Å²) in [5, 5.41) is 12.0. The van der Waals surface area contributed by atoms with Crippen molar-refractivity contribution in [3.63, 3.8) is 0 Å². The predicted octanol–water partition coefficient (Wildman–Crippen LogP) is 0.817. The lowest BCUT2D eigenvalue weighted by atomic mass is 10.1. The SMILES string of the molecule is O=C(O)[C@@H]1C[C@@H](N2Cc3ccccc3C2)CN1. The first-order valence-electron chi connectivity index (χ1n) is 6.01. The number of nitrogens with zero attached hydrogens (tertiary/aromatic N) is 1. The highest BCUT2D eigenvalue weighted by molar-refractivity contribution is 5.74. The van der Waals surface area contributed by atoms with Gasteiger partial charge in [-0.1, -0.05) is 24.3 Å². The first-order chi connectivity index (χ1) is 8.24. The lowest BCUT2D eigenvalue weighted by Crippen LogP contribution is -2.32. The van der Waals surface area contributed by atoms with Gasteiger partial charge in [-0.05, 0) is 17.5 Å². The van der Waals surface area contributed by atoms with E-state index in [1.807, 2.05) is 0 Å². The molecule has 2 aliphatic heterocycles. The van der Waals surface area contributed by atoms with Crippen molar-refractivity contribution < 1.29 is 9.90 Å². The Hall–Kier alpha value is -1.39. The van der Waals surface area contributed by atoms with Crippen LogP contribution < -0.4 is 5.32 Å². The van der Waals surface area contributed by atoms with Crippen LogP contribution in [-0.4, -0.2) is 34.6 Å². The molecule has 0 amide bonds. The van der Waals surface area contributed by atoms with Gasteiger partial charge in [0.2, 0.25) is 0 Å². The van der Waals surface area contributed by atoms with E-state index in [-0.39, 0.29) is 6.04 Å². The van der Waals surface area contributed by atoms with Crippen LogP contribution in [0, 0.1) is 0 Å². The summed E-state index contributed by atoms with van der Waals surface area (Å²) in [6, 6.07) is 8.43. The topological polar surface area (TPSA) is 52.6 Å². The molecule has 1 saturated heterocycles. The van der Waals surface area contributed by atoms with Gasteiger partial charge in [-0.2, -0.15) is 0 Å². The third-order valence-electron chi connectivity index (χ3n) is 3.79. The van der Waals surface area contributed by atoms with Gasteiger partial charge >= 0.3 is 5.97 Å². The van der Waals surface area contributed by atoms with E-state index < -0.39 is 5.97 Å². The molecular formula is C13H16N2O2. The van der Waals surface area contributed by atoms with E-state index in [4.69, 9.17) is 5.11 Å². The van der Waals surface area contributed by atoms with Gasteiger partial charge in [0.1, 0.15) is 6.04 Å². The van der Waals surface area contributed by atoms with Gasteiger partial charge in [-0.3, -0.25) is 9.69 Å². The van der Waals surface area contributed by atoms with Crippen LogP contribution in [0.3, 0.4) is 0 Å². The molecule has 0 spiro atoms. The Morgan fingerprint density at radius 2 is 1.94 bits per heavy atom. The van der Waals surface area contributed by atoms with Crippen molar-refractivity contribution in [1.29, 1.82) is 0 Å². The van der Waals surface area contributed by atoms with E-state index in [0.29, 0.717) is 12.5 Å². The van der Waals surface area contributed by atoms with Crippen molar-refractivity contribution in [2.45, 2.75) is 31.6 Å². The van der Waals surface area contributed by atoms with E-state index in [1.54, 1.807) is 0 Å². The first kappa shape index (κ1) is 10.7.